The smallest absolute Gasteiger partial charge is 0.241 e. The van der Waals surface area contributed by atoms with Crippen LogP contribution in [0.25, 0.3) is 5.95 Å². The molecule has 0 radical (unpaired) electrons. The van der Waals surface area contributed by atoms with Crippen LogP contribution in [0.2, 0.25) is 0 Å². The summed E-state index contributed by atoms with van der Waals surface area (Å²) in [7, 11) is 0. The molecule has 7 heteroatoms. The summed E-state index contributed by atoms with van der Waals surface area (Å²) in [5.41, 5.74) is 5.73. The van der Waals surface area contributed by atoms with Crippen LogP contribution in [-0.4, -0.2) is 30.5 Å². The molecule has 0 saturated heterocycles. The maximum atomic E-state index is 5.73. The fourth-order valence-electron chi connectivity index (χ4n) is 1.81. The van der Waals surface area contributed by atoms with Gasteiger partial charge < -0.3 is 11.1 Å². The largest absolute Gasteiger partial charge is 0.368 e. The van der Waals surface area contributed by atoms with Crippen molar-refractivity contribution in [2.24, 2.45) is 5.92 Å². The van der Waals surface area contributed by atoms with Crippen molar-refractivity contribution < 1.29 is 0 Å². The highest BCUT2D eigenvalue weighted by atomic mass is 15.3. The molecule has 1 unspecified atom stereocenters. The fraction of sp³-hybridized carbons (Fsp3) is 0.538. The summed E-state index contributed by atoms with van der Waals surface area (Å²) >= 11 is 0. The van der Waals surface area contributed by atoms with E-state index in [2.05, 4.69) is 46.0 Å². The van der Waals surface area contributed by atoms with E-state index in [0.29, 0.717) is 17.8 Å². The Morgan fingerprint density at radius 2 is 2.00 bits per heavy atom. The highest BCUT2D eigenvalue weighted by molar-refractivity contribution is 5.35. The highest BCUT2D eigenvalue weighted by Gasteiger charge is 2.09. The van der Waals surface area contributed by atoms with Gasteiger partial charge in [0.05, 0.1) is 0 Å². The van der Waals surface area contributed by atoms with Gasteiger partial charge >= 0.3 is 0 Å². The zero-order valence-electron chi connectivity index (χ0n) is 12.1. The molecule has 20 heavy (non-hydrogen) atoms. The summed E-state index contributed by atoms with van der Waals surface area (Å²) < 4.78 is 1.70. The minimum Gasteiger partial charge on any atom is -0.368 e. The molecular formula is C13H21N7. The topological polar surface area (TPSA) is 94.5 Å². The first kappa shape index (κ1) is 14.2. The molecule has 2 aromatic heterocycles. The number of hydrogen-bond donors (Lipinski definition) is 2. The number of nitrogens with two attached hydrogens (primary N) is 1. The summed E-state index contributed by atoms with van der Waals surface area (Å²) in [6.07, 6.45) is 7.27. The van der Waals surface area contributed by atoms with Crippen LogP contribution < -0.4 is 11.1 Å². The van der Waals surface area contributed by atoms with E-state index in [9.17, 15) is 0 Å². The Balaban J connectivity index is 2.08. The maximum Gasteiger partial charge on any atom is 0.241 e. The number of rotatable bonds is 6. The van der Waals surface area contributed by atoms with E-state index in [4.69, 9.17) is 5.73 Å². The lowest BCUT2D eigenvalue weighted by Gasteiger charge is -2.15. The molecule has 0 spiro atoms. The minimum absolute atomic E-state index is 0.197. The van der Waals surface area contributed by atoms with E-state index in [1.54, 1.807) is 23.3 Å². The average molecular weight is 275 g/mol. The van der Waals surface area contributed by atoms with Crippen LogP contribution >= 0.6 is 0 Å². The second-order valence-electron chi connectivity index (χ2n) is 5.30. The number of anilines is 2. The summed E-state index contributed by atoms with van der Waals surface area (Å²) in [6, 6.07) is 0.287. The van der Waals surface area contributed by atoms with Gasteiger partial charge in [-0.05, 0) is 25.7 Å². The Kier molecular flexibility index (Phi) is 4.49. The van der Waals surface area contributed by atoms with Crippen LogP contribution in [0.1, 0.15) is 33.6 Å². The molecule has 0 aliphatic carbocycles. The van der Waals surface area contributed by atoms with Crippen molar-refractivity contribution in [1.82, 2.24) is 24.5 Å². The molecule has 0 aliphatic heterocycles. The second kappa shape index (κ2) is 6.31. The monoisotopic (exact) mass is 275 g/mol. The zero-order chi connectivity index (χ0) is 14.5. The van der Waals surface area contributed by atoms with Crippen molar-refractivity contribution in [2.45, 2.75) is 39.7 Å². The molecule has 0 saturated carbocycles. The molecule has 0 amide bonds. The Hall–Kier alpha value is -2.18. The van der Waals surface area contributed by atoms with Crippen molar-refractivity contribution in [3.63, 3.8) is 0 Å². The van der Waals surface area contributed by atoms with Gasteiger partial charge in [0.1, 0.15) is 6.33 Å². The van der Waals surface area contributed by atoms with Gasteiger partial charge in [-0.15, -0.1) is 0 Å². The summed E-state index contributed by atoms with van der Waals surface area (Å²) in [6.45, 7) is 6.54. The van der Waals surface area contributed by atoms with Crippen molar-refractivity contribution in [2.75, 3.05) is 11.1 Å². The second-order valence-corrected chi connectivity index (χ2v) is 5.30. The third kappa shape index (κ3) is 3.91. The van der Waals surface area contributed by atoms with E-state index in [1.165, 1.54) is 0 Å². The number of nitrogens with one attached hydrogen (secondary N) is 1. The van der Waals surface area contributed by atoms with Gasteiger partial charge in [0.15, 0.2) is 0 Å². The number of hydrogen-bond acceptors (Lipinski definition) is 6. The highest BCUT2D eigenvalue weighted by Crippen LogP contribution is 2.12. The first-order chi connectivity index (χ1) is 9.54. The van der Waals surface area contributed by atoms with Crippen LogP contribution in [0.4, 0.5) is 11.9 Å². The molecule has 0 bridgehead atoms. The normalized spacial score (nSPS) is 12.6. The lowest BCUT2D eigenvalue weighted by atomic mass is 10.0. The number of aromatic nitrogens is 5. The molecule has 2 heterocycles. The third-order valence-electron chi connectivity index (χ3n) is 2.93. The van der Waals surface area contributed by atoms with E-state index < -0.39 is 0 Å². The Bertz CT molecular complexity index is 536. The lowest BCUT2D eigenvalue weighted by molar-refractivity contribution is 0.526. The zero-order valence-corrected chi connectivity index (χ0v) is 12.1. The molecule has 2 aromatic rings. The van der Waals surface area contributed by atoms with Crippen LogP contribution in [0.15, 0.2) is 18.7 Å². The van der Waals surface area contributed by atoms with Gasteiger partial charge in [0, 0.05) is 18.4 Å². The SMILES string of the molecule is CC(C)CCC(C)Nc1nc(N)nc(-n2ccnc2)n1. The number of nitrogens with zero attached hydrogens (tertiary/aromatic N) is 5. The third-order valence-corrected chi connectivity index (χ3v) is 2.93. The van der Waals surface area contributed by atoms with Gasteiger partial charge in [0.25, 0.3) is 0 Å². The van der Waals surface area contributed by atoms with Crippen LogP contribution in [0, 0.1) is 5.92 Å². The van der Waals surface area contributed by atoms with Gasteiger partial charge in [0.2, 0.25) is 17.8 Å². The Labute approximate surface area is 118 Å². The standard InChI is InChI=1S/C13H21N7/c1-9(2)4-5-10(3)16-12-17-11(14)18-13(19-12)20-7-6-15-8-20/h6-10H,4-5H2,1-3H3,(H3,14,16,17,18,19). The maximum absolute atomic E-state index is 5.73. The molecule has 3 N–H and O–H groups in total. The van der Waals surface area contributed by atoms with Gasteiger partial charge in [-0.2, -0.15) is 15.0 Å². The average Bonchev–Trinajstić information content (AvgIpc) is 2.89. The lowest BCUT2D eigenvalue weighted by Crippen LogP contribution is -2.19. The number of imidazole rings is 1. The van der Waals surface area contributed by atoms with Gasteiger partial charge in [-0.3, -0.25) is 4.57 Å². The van der Waals surface area contributed by atoms with E-state index in [0.717, 1.165) is 12.8 Å². The summed E-state index contributed by atoms with van der Waals surface area (Å²) in [4.78, 5) is 16.5. The summed E-state index contributed by atoms with van der Waals surface area (Å²) in [5, 5.41) is 3.26. The quantitative estimate of drug-likeness (QED) is 0.835. The molecule has 2 rings (SSSR count). The van der Waals surface area contributed by atoms with Crippen LogP contribution in [-0.2, 0) is 0 Å². The van der Waals surface area contributed by atoms with E-state index >= 15 is 0 Å². The molecule has 7 nitrogen and oxygen atoms in total. The van der Waals surface area contributed by atoms with Crippen molar-refractivity contribution >= 4 is 11.9 Å². The predicted molar refractivity (Wildman–Crippen MR) is 78.5 cm³/mol. The van der Waals surface area contributed by atoms with Crippen molar-refractivity contribution in [1.29, 1.82) is 0 Å². The van der Waals surface area contributed by atoms with Gasteiger partial charge in [-0.1, -0.05) is 13.8 Å². The first-order valence-corrected chi connectivity index (χ1v) is 6.81. The van der Waals surface area contributed by atoms with Crippen LogP contribution in [0.3, 0.4) is 0 Å². The minimum atomic E-state index is 0.197. The molecule has 1 atom stereocenters. The molecular weight excluding hydrogens is 254 g/mol. The Morgan fingerprint density at radius 1 is 1.20 bits per heavy atom. The van der Waals surface area contributed by atoms with Gasteiger partial charge in [-0.25, -0.2) is 4.98 Å². The first-order valence-electron chi connectivity index (χ1n) is 6.81. The molecule has 0 aliphatic rings. The predicted octanol–water partition coefficient (Wildman–Crippen LogP) is 1.88. The molecule has 0 aromatic carbocycles. The van der Waals surface area contributed by atoms with Crippen LogP contribution in [0.5, 0.6) is 0 Å². The van der Waals surface area contributed by atoms with E-state index in [-0.39, 0.29) is 12.0 Å². The molecule has 108 valence electrons. The summed E-state index contributed by atoms with van der Waals surface area (Å²) in [5.74, 6) is 1.84. The fourth-order valence-corrected chi connectivity index (χ4v) is 1.81. The Morgan fingerprint density at radius 3 is 2.65 bits per heavy atom. The van der Waals surface area contributed by atoms with E-state index in [1.807, 2.05) is 0 Å². The molecule has 0 fully saturated rings. The van der Waals surface area contributed by atoms with Crippen molar-refractivity contribution in [3.05, 3.63) is 18.7 Å². The number of nitrogen functional groups attached to an aromatic ring is 1. The van der Waals surface area contributed by atoms with Crippen molar-refractivity contribution in [3.8, 4) is 5.95 Å².